The number of aryl methyl sites for hydroxylation is 1. The topological polar surface area (TPSA) is 93.7 Å². The highest BCUT2D eigenvalue weighted by molar-refractivity contribution is 5.81. The molecular weight excluding hydrogens is 502 g/mol. The molecule has 40 heavy (non-hydrogen) atoms. The number of fused-ring (bicyclic) bond motifs is 1. The summed E-state index contributed by atoms with van der Waals surface area (Å²) in [6.07, 6.45) is 6.91. The van der Waals surface area contributed by atoms with Crippen LogP contribution in [0.5, 0.6) is 0 Å². The Bertz CT molecular complexity index is 1370. The molecule has 0 bridgehead atoms. The number of amides is 1. The number of carboxylic acids is 1. The molecule has 0 spiro atoms. The summed E-state index contributed by atoms with van der Waals surface area (Å²) in [5.74, 6) is -0.190. The minimum Gasteiger partial charge on any atom is -0.480 e. The first kappa shape index (κ1) is 28.1. The van der Waals surface area contributed by atoms with Crippen molar-refractivity contribution in [1.82, 2.24) is 14.8 Å². The van der Waals surface area contributed by atoms with Crippen molar-refractivity contribution in [3.63, 3.8) is 0 Å². The number of hydrogen-bond donors (Lipinski definition) is 2. The number of carbonyl (C=O) groups is 2. The summed E-state index contributed by atoms with van der Waals surface area (Å²) >= 11 is 0. The predicted octanol–water partition coefficient (Wildman–Crippen LogP) is 5.33. The third-order valence-corrected chi connectivity index (χ3v) is 8.91. The van der Waals surface area contributed by atoms with E-state index in [0.29, 0.717) is 18.0 Å². The van der Waals surface area contributed by atoms with E-state index in [9.17, 15) is 19.5 Å². The number of nitrogens with one attached hydrogen (secondary N) is 1. The smallest absolute Gasteiger partial charge is 0.317 e. The fourth-order valence-electron chi connectivity index (χ4n) is 6.70. The first-order valence-electron chi connectivity index (χ1n) is 14.8. The fourth-order valence-corrected chi connectivity index (χ4v) is 6.70. The Hall–Kier alpha value is -3.45. The molecule has 1 atom stereocenters. The number of aromatic nitrogens is 1. The highest BCUT2D eigenvalue weighted by atomic mass is 16.4. The Labute approximate surface area is 236 Å². The van der Waals surface area contributed by atoms with Gasteiger partial charge in [-0.1, -0.05) is 61.2 Å². The molecule has 1 saturated carbocycles. The first-order chi connectivity index (χ1) is 19.4. The van der Waals surface area contributed by atoms with Crippen molar-refractivity contribution in [1.29, 1.82) is 0 Å². The number of rotatable bonds is 9. The van der Waals surface area contributed by atoms with Gasteiger partial charge in [0.25, 0.3) is 5.56 Å². The number of aliphatic carboxylic acids is 1. The molecule has 2 aromatic carbocycles. The molecule has 0 radical (unpaired) electrons. The van der Waals surface area contributed by atoms with Crippen LogP contribution < -0.4 is 5.56 Å². The molecule has 7 heteroatoms. The van der Waals surface area contributed by atoms with Crippen LogP contribution in [0.3, 0.4) is 0 Å². The SMILES string of the molecule is Cc1ccc2[nH]c(=O)c(CN(CC(c3ccccc3)C3CCN(CC(=O)O)CC3)C(=O)C3CCCCC3)cc2c1. The molecule has 5 rings (SSSR count). The van der Waals surface area contributed by atoms with Crippen LogP contribution in [0, 0.1) is 18.8 Å². The van der Waals surface area contributed by atoms with Gasteiger partial charge in [0.15, 0.2) is 0 Å². The molecule has 3 aromatic rings. The average Bonchev–Trinajstić information content (AvgIpc) is 2.96. The summed E-state index contributed by atoms with van der Waals surface area (Å²) < 4.78 is 0. The summed E-state index contributed by atoms with van der Waals surface area (Å²) in [5.41, 5.74) is 3.60. The summed E-state index contributed by atoms with van der Waals surface area (Å²) in [4.78, 5) is 45.5. The number of hydrogen-bond acceptors (Lipinski definition) is 4. The van der Waals surface area contributed by atoms with E-state index in [2.05, 4.69) is 23.2 Å². The lowest BCUT2D eigenvalue weighted by Gasteiger charge is -2.39. The zero-order valence-corrected chi connectivity index (χ0v) is 23.5. The third kappa shape index (κ3) is 6.81. The molecule has 1 unspecified atom stereocenters. The van der Waals surface area contributed by atoms with Gasteiger partial charge in [-0.05, 0) is 80.8 Å². The van der Waals surface area contributed by atoms with E-state index in [1.807, 2.05) is 53.1 Å². The molecular formula is C33H41N3O4. The Kier molecular flexibility index (Phi) is 9.00. The second-order valence-corrected chi connectivity index (χ2v) is 11.8. The first-order valence-corrected chi connectivity index (χ1v) is 14.8. The molecule has 1 aliphatic carbocycles. The molecule has 2 aliphatic rings. The number of piperidine rings is 1. The lowest BCUT2D eigenvalue weighted by molar-refractivity contribution is -0.139. The van der Waals surface area contributed by atoms with Crippen LogP contribution in [0.15, 0.2) is 59.4 Å². The fraction of sp³-hybridized carbons (Fsp3) is 0.485. The Morgan fingerprint density at radius 1 is 1.00 bits per heavy atom. The number of likely N-dealkylation sites (tertiary alicyclic amines) is 1. The summed E-state index contributed by atoms with van der Waals surface area (Å²) in [6, 6.07) is 18.3. The number of aromatic amines is 1. The van der Waals surface area contributed by atoms with Gasteiger partial charge in [0.1, 0.15) is 0 Å². The van der Waals surface area contributed by atoms with Crippen LogP contribution in [-0.2, 0) is 16.1 Å². The molecule has 7 nitrogen and oxygen atoms in total. The second kappa shape index (κ2) is 12.8. The van der Waals surface area contributed by atoms with E-state index >= 15 is 0 Å². The Morgan fingerprint density at radius 2 is 1.73 bits per heavy atom. The molecule has 212 valence electrons. The normalized spacial score (nSPS) is 18.0. The molecule has 2 N–H and O–H groups in total. The Morgan fingerprint density at radius 3 is 2.42 bits per heavy atom. The molecule has 1 aliphatic heterocycles. The number of nitrogens with zero attached hydrogens (tertiary/aromatic N) is 2. The number of benzene rings is 2. The largest absolute Gasteiger partial charge is 0.480 e. The van der Waals surface area contributed by atoms with E-state index in [1.54, 1.807) is 0 Å². The van der Waals surface area contributed by atoms with Crippen LogP contribution in [0.2, 0.25) is 0 Å². The van der Waals surface area contributed by atoms with Gasteiger partial charge in [-0.3, -0.25) is 19.3 Å². The molecule has 1 amide bonds. The van der Waals surface area contributed by atoms with E-state index in [0.717, 1.165) is 68.1 Å². The van der Waals surface area contributed by atoms with Crippen molar-refractivity contribution in [3.8, 4) is 0 Å². The van der Waals surface area contributed by atoms with Gasteiger partial charge < -0.3 is 15.0 Å². The highest BCUT2D eigenvalue weighted by Crippen LogP contribution is 2.35. The van der Waals surface area contributed by atoms with Gasteiger partial charge in [-0.15, -0.1) is 0 Å². The number of pyridine rings is 1. The number of carbonyl (C=O) groups excluding carboxylic acids is 1. The maximum atomic E-state index is 14.1. The van der Waals surface area contributed by atoms with Crippen molar-refractivity contribution in [2.24, 2.45) is 11.8 Å². The van der Waals surface area contributed by atoms with Gasteiger partial charge in [0.05, 0.1) is 13.1 Å². The molecule has 1 aromatic heterocycles. The average molecular weight is 544 g/mol. The standard InChI is InChI=1S/C33H41N3O4/c1-23-12-13-30-27(18-23)19-28(32(39)34-30)20-36(33(40)26-10-6-3-7-11-26)21-29(24-8-4-2-5-9-24)25-14-16-35(17-15-25)22-31(37)38/h2,4-5,8-9,12-13,18-19,25-26,29H,3,6-7,10-11,14-17,20-22H2,1H3,(H,34,39)(H,37,38). The van der Waals surface area contributed by atoms with Gasteiger partial charge >= 0.3 is 5.97 Å². The van der Waals surface area contributed by atoms with E-state index in [4.69, 9.17) is 0 Å². The second-order valence-electron chi connectivity index (χ2n) is 11.8. The quantitative estimate of drug-likeness (QED) is 0.381. The van der Waals surface area contributed by atoms with Crippen molar-refractivity contribution in [2.45, 2.75) is 64.3 Å². The highest BCUT2D eigenvalue weighted by Gasteiger charge is 2.33. The summed E-state index contributed by atoms with van der Waals surface area (Å²) in [5, 5.41) is 10.2. The number of carboxylic acid groups (broad SMARTS) is 1. The minimum absolute atomic E-state index is 0.00405. The molecule has 2 fully saturated rings. The zero-order chi connectivity index (χ0) is 28.1. The van der Waals surface area contributed by atoms with Gasteiger partial charge in [-0.25, -0.2) is 0 Å². The van der Waals surface area contributed by atoms with Crippen LogP contribution >= 0.6 is 0 Å². The lowest BCUT2D eigenvalue weighted by Crippen LogP contribution is -2.44. The Balaban J connectivity index is 1.45. The minimum atomic E-state index is -0.793. The van der Waals surface area contributed by atoms with E-state index in [1.165, 1.54) is 12.0 Å². The van der Waals surface area contributed by atoms with Crippen molar-refractivity contribution in [3.05, 3.63) is 81.6 Å². The maximum absolute atomic E-state index is 14.1. The van der Waals surface area contributed by atoms with Gasteiger partial charge in [0, 0.05) is 29.5 Å². The zero-order valence-electron chi connectivity index (χ0n) is 23.5. The van der Waals surface area contributed by atoms with Crippen LogP contribution in [-0.4, -0.2) is 57.9 Å². The molecule has 2 heterocycles. The summed E-state index contributed by atoms with van der Waals surface area (Å²) in [7, 11) is 0. The predicted molar refractivity (Wildman–Crippen MR) is 157 cm³/mol. The van der Waals surface area contributed by atoms with Gasteiger partial charge in [0.2, 0.25) is 5.91 Å². The van der Waals surface area contributed by atoms with E-state index < -0.39 is 5.97 Å². The lowest BCUT2D eigenvalue weighted by atomic mass is 9.79. The van der Waals surface area contributed by atoms with Crippen LogP contribution in [0.4, 0.5) is 0 Å². The molecule has 1 saturated heterocycles. The maximum Gasteiger partial charge on any atom is 0.317 e. The van der Waals surface area contributed by atoms with Crippen LogP contribution in [0.25, 0.3) is 10.9 Å². The van der Waals surface area contributed by atoms with Gasteiger partial charge in [-0.2, -0.15) is 0 Å². The number of H-pyrrole nitrogens is 1. The van der Waals surface area contributed by atoms with Crippen molar-refractivity contribution in [2.75, 3.05) is 26.2 Å². The van der Waals surface area contributed by atoms with Crippen molar-refractivity contribution >= 4 is 22.8 Å². The van der Waals surface area contributed by atoms with Crippen molar-refractivity contribution < 1.29 is 14.7 Å². The van der Waals surface area contributed by atoms with E-state index in [-0.39, 0.29) is 36.4 Å². The van der Waals surface area contributed by atoms with Crippen LogP contribution in [0.1, 0.15) is 67.6 Å². The summed E-state index contributed by atoms with van der Waals surface area (Å²) in [6.45, 7) is 4.42. The monoisotopic (exact) mass is 543 g/mol. The third-order valence-electron chi connectivity index (χ3n) is 8.91.